The minimum absolute atomic E-state index is 0.0551. The molecule has 1 unspecified atom stereocenters. The lowest BCUT2D eigenvalue weighted by Gasteiger charge is -2.27. The fourth-order valence-electron chi connectivity index (χ4n) is 3.08. The average molecular weight is 288 g/mol. The Morgan fingerprint density at radius 1 is 1.19 bits per heavy atom. The third-order valence-electron chi connectivity index (χ3n) is 4.32. The number of nitrogens with zero attached hydrogens (tertiary/aromatic N) is 2. The van der Waals surface area contributed by atoms with Crippen LogP contribution in [0.2, 0.25) is 0 Å². The molecule has 2 fully saturated rings. The fourth-order valence-corrected chi connectivity index (χ4v) is 3.08. The molecule has 1 aromatic rings. The Labute approximate surface area is 126 Å². The van der Waals surface area contributed by atoms with Crippen molar-refractivity contribution in [3.8, 4) is 0 Å². The van der Waals surface area contributed by atoms with E-state index in [1.54, 1.807) is 6.20 Å². The number of hydrogen-bond donors (Lipinski definition) is 2. The SMILES string of the molecule is O=C(Nc1ccc(N2CCCCC2)nc1)C1CCCCN1. The molecule has 21 heavy (non-hydrogen) atoms. The van der Waals surface area contributed by atoms with E-state index < -0.39 is 0 Å². The third kappa shape index (κ3) is 3.73. The minimum atomic E-state index is -0.0551. The summed E-state index contributed by atoms with van der Waals surface area (Å²) in [5.41, 5.74) is 0.785. The number of nitrogens with one attached hydrogen (secondary N) is 2. The third-order valence-corrected chi connectivity index (χ3v) is 4.32. The van der Waals surface area contributed by atoms with Crippen LogP contribution in [0.25, 0.3) is 0 Å². The maximum atomic E-state index is 12.1. The van der Waals surface area contributed by atoms with E-state index in [1.165, 1.54) is 19.3 Å². The van der Waals surface area contributed by atoms with Crippen molar-refractivity contribution in [2.75, 3.05) is 29.9 Å². The van der Waals surface area contributed by atoms with Gasteiger partial charge in [0.2, 0.25) is 5.91 Å². The van der Waals surface area contributed by atoms with Gasteiger partial charge in [-0.3, -0.25) is 4.79 Å². The molecule has 5 heteroatoms. The van der Waals surface area contributed by atoms with E-state index >= 15 is 0 Å². The van der Waals surface area contributed by atoms with Gasteiger partial charge < -0.3 is 15.5 Å². The van der Waals surface area contributed by atoms with Crippen LogP contribution in [0, 0.1) is 0 Å². The van der Waals surface area contributed by atoms with Crippen molar-refractivity contribution in [2.45, 2.75) is 44.6 Å². The fraction of sp³-hybridized carbons (Fsp3) is 0.625. The Bertz CT molecular complexity index is 462. The maximum Gasteiger partial charge on any atom is 0.241 e. The van der Waals surface area contributed by atoms with Gasteiger partial charge in [-0.15, -0.1) is 0 Å². The van der Waals surface area contributed by atoms with Gasteiger partial charge in [0.05, 0.1) is 17.9 Å². The summed E-state index contributed by atoms with van der Waals surface area (Å²) in [4.78, 5) is 19.0. The number of pyridine rings is 1. The van der Waals surface area contributed by atoms with Gasteiger partial charge in [-0.05, 0) is 50.8 Å². The first-order valence-electron chi connectivity index (χ1n) is 8.08. The van der Waals surface area contributed by atoms with Crippen LogP contribution < -0.4 is 15.5 Å². The topological polar surface area (TPSA) is 57.3 Å². The summed E-state index contributed by atoms with van der Waals surface area (Å²) in [6.07, 6.45) is 8.78. The van der Waals surface area contributed by atoms with Crippen molar-refractivity contribution in [3.63, 3.8) is 0 Å². The summed E-state index contributed by atoms with van der Waals surface area (Å²) in [5, 5.41) is 6.22. The van der Waals surface area contributed by atoms with E-state index in [0.717, 1.165) is 50.4 Å². The van der Waals surface area contributed by atoms with Crippen LogP contribution in [-0.2, 0) is 4.79 Å². The molecule has 0 saturated carbocycles. The predicted octanol–water partition coefficient (Wildman–Crippen LogP) is 2.15. The van der Waals surface area contributed by atoms with Crippen molar-refractivity contribution >= 4 is 17.4 Å². The van der Waals surface area contributed by atoms with Crippen molar-refractivity contribution in [3.05, 3.63) is 18.3 Å². The Morgan fingerprint density at radius 3 is 2.71 bits per heavy atom. The van der Waals surface area contributed by atoms with Gasteiger partial charge in [0.25, 0.3) is 0 Å². The number of piperidine rings is 2. The second kappa shape index (κ2) is 6.89. The number of anilines is 2. The number of carbonyl (C=O) groups excluding carboxylic acids is 1. The summed E-state index contributed by atoms with van der Waals surface area (Å²) in [7, 11) is 0. The molecule has 2 saturated heterocycles. The second-order valence-corrected chi connectivity index (χ2v) is 5.94. The first-order valence-corrected chi connectivity index (χ1v) is 8.08. The molecule has 2 aliphatic rings. The molecule has 1 aromatic heterocycles. The number of carbonyl (C=O) groups is 1. The molecule has 0 spiro atoms. The van der Waals surface area contributed by atoms with Crippen LogP contribution in [0.1, 0.15) is 38.5 Å². The van der Waals surface area contributed by atoms with E-state index in [9.17, 15) is 4.79 Å². The summed E-state index contributed by atoms with van der Waals surface area (Å²) in [6, 6.07) is 3.91. The first-order chi connectivity index (χ1) is 10.3. The molecule has 5 nitrogen and oxygen atoms in total. The van der Waals surface area contributed by atoms with Gasteiger partial charge in [0.15, 0.2) is 0 Å². The van der Waals surface area contributed by atoms with Crippen molar-refractivity contribution in [2.24, 2.45) is 0 Å². The summed E-state index contributed by atoms with van der Waals surface area (Å²) in [5.74, 6) is 1.07. The molecule has 1 atom stereocenters. The van der Waals surface area contributed by atoms with Gasteiger partial charge in [-0.2, -0.15) is 0 Å². The quantitative estimate of drug-likeness (QED) is 0.895. The number of rotatable bonds is 3. The monoisotopic (exact) mass is 288 g/mol. The first kappa shape index (κ1) is 14.3. The van der Waals surface area contributed by atoms with Crippen LogP contribution in [0.4, 0.5) is 11.5 Å². The molecular weight excluding hydrogens is 264 g/mol. The zero-order valence-corrected chi connectivity index (χ0v) is 12.5. The standard InChI is InChI=1S/C16H24N4O/c21-16(14-6-2-3-9-17-14)19-13-7-8-15(18-12-13)20-10-4-1-5-11-20/h7-8,12,14,17H,1-6,9-11H2,(H,19,21). The normalized spacial score (nSPS) is 22.9. The van der Waals surface area contributed by atoms with Gasteiger partial charge in [0, 0.05) is 13.1 Å². The minimum Gasteiger partial charge on any atom is -0.357 e. The smallest absolute Gasteiger partial charge is 0.241 e. The van der Waals surface area contributed by atoms with E-state index in [1.807, 2.05) is 12.1 Å². The van der Waals surface area contributed by atoms with Crippen LogP contribution >= 0.6 is 0 Å². The molecule has 0 radical (unpaired) electrons. The Hall–Kier alpha value is -1.62. The van der Waals surface area contributed by atoms with Crippen molar-refractivity contribution in [1.82, 2.24) is 10.3 Å². The largest absolute Gasteiger partial charge is 0.357 e. The molecule has 3 rings (SSSR count). The Balaban J connectivity index is 1.57. The predicted molar refractivity (Wildman–Crippen MR) is 84.6 cm³/mol. The zero-order valence-electron chi connectivity index (χ0n) is 12.5. The van der Waals surface area contributed by atoms with Gasteiger partial charge in [-0.1, -0.05) is 6.42 Å². The maximum absolute atomic E-state index is 12.1. The molecule has 1 amide bonds. The summed E-state index contributed by atoms with van der Waals surface area (Å²) < 4.78 is 0. The van der Waals surface area contributed by atoms with Crippen LogP contribution in [0.3, 0.4) is 0 Å². The van der Waals surface area contributed by atoms with E-state index in [-0.39, 0.29) is 11.9 Å². The van der Waals surface area contributed by atoms with E-state index in [4.69, 9.17) is 0 Å². The van der Waals surface area contributed by atoms with Gasteiger partial charge in [0.1, 0.15) is 5.82 Å². The molecule has 0 aromatic carbocycles. The highest BCUT2D eigenvalue weighted by molar-refractivity contribution is 5.94. The lowest BCUT2D eigenvalue weighted by Crippen LogP contribution is -2.43. The lowest BCUT2D eigenvalue weighted by atomic mass is 10.0. The molecule has 0 bridgehead atoms. The number of aromatic nitrogens is 1. The highest BCUT2D eigenvalue weighted by atomic mass is 16.2. The lowest BCUT2D eigenvalue weighted by molar-refractivity contribution is -0.118. The van der Waals surface area contributed by atoms with E-state index in [2.05, 4.69) is 20.5 Å². The average Bonchev–Trinajstić information content (AvgIpc) is 2.57. The molecular formula is C16H24N4O. The highest BCUT2D eigenvalue weighted by Crippen LogP contribution is 2.19. The van der Waals surface area contributed by atoms with Crippen LogP contribution in [-0.4, -0.2) is 36.6 Å². The van der Waals surface area contributed by atoms with Crippen molar-refractivity contribution < 1.29 is 4.79 Å². The van der Waals surface area contributed by atoms with Crippen molar-refractivity contribution in [1.29, 1.82) is 0 Å². The number of amides is 1. The molecule has 3 heterocycles. The van der Waals surface area contributed by atoms with Gasteiger partial charge in [-0.25, -0.2) is 4.98 Å². The highest BCUT2D eigenvalue weighted by Gasteiger charge is 2.20. The van der Waals surface area contributed by atoms with Crippen LogP contribution in [0.5, 0.6) is 0 Å². The second-order valence-electron chi connectivity index (χ2n) is 5.94. The summed E-state index contributed by atoms with van der Waals surface area (Å²) >= 11 is 0. The van der Waals surface area contributed by atoms with Gasteiger partial charge >= 0.3 is 0 Å². The molecule has 2 N–H and O–H groups in total. The molecule has 2 aliphatic heterocycles. The van der Waals surface area contributed by atoms with Crippen LogP contribution in [0.15, 0.2) is 18.3 Å². The zero-order chi connectivity index (χ0) is 14.5. The molecule has 114 valence electrons. The Kier molecular flexibility index (Phi) is 4.70. The molecule has 0 aliphatic carbocycles. The van der Waals surface area contributed by atoms with E-state index in [0.29, 0.717) is 0 Å². The Morgan fingerprint density at radius 2 is 2.05 bits per heavy atom. The number of hydrogen-bond acceptors (Lipinski definition) is 4. The summed E-state index contributed by atoms with van der Waals surface area (Å²) in [6.45, 7) is 3.11.